The molecule has 0 saturated heterocycles. The fourth-order valence-corrected chi connectivity index (χ4v) is 3.07. The van der Waals surface area contributed by atoms with Gasteiger partial charge in [0.05, 0.1) is 24.4 Å². The Morgan fingerprint density at radius 3 is 2.70 bits per heavy atom. The summed E-state index contributed by atoms with van der Waals surface area (Å²) in [6, 6.07) is 4.31. The highest BCUT2D eigenvalue weighted by atomic mass is 35.5. The molecule has 122 valence electrons. The van der Waals surface area contributed by atoms with Crippen molar-refractivity contribution in [3.8, 4) is 5.75 Å². The van der Waals surface area contributed by atoms with E-state index in [1.807, 2.05) is 0 Å². The van der Waals surface area contributed by atoms with E-state index in [0.29, 0.717) is 27.0 Å². The third kappa shape index (κ3) is 3.80. The third-order valence-corrected chi connectivity index (χ3v) is 4.69. The number of benzene rings is 1. The van der Waals surface area contributed by atoms with Crippen LogP contribution in [0.3, 0.4) is 0 Å². The molecule has 6 nitrogen and oxygen atoms in total. The topological polar surface area (TPSA) is 88.5 Å². The lowest BCUT2D eigenvalue weighted by Gasteiger charge is -2.13. The number of halogens is 1. The molecular weight excluding hydrogens is 340 g/mol. The molecule has 0 fully saturated rings. The zero-order valence-corrected chi connectivity index (χ0v) is 14.3. The second-order valence-electron chi connectivity index (χ2n) is 4.81. The average Bonchev–Trinajstić information content (AvgIpc) is 2.89. The minimum Gasteiger partial charge on any atom is -0.496 e. The van der Waals surface area contributed by atoms with Gasteiger partial charge >= 0.3 is 5.97 Å². The van der Waals surface area contributed by atoms with Crippen molar-refractivity contribution in [2.45, 2.75) is 19.9 Å². The molecule has 1 amide bonds. The first-order chi connectivity index (χ1) is 10.8. The average molecular weight is 355 g/mol. The number of ether oxygens (including phenoxy) is 1. The Morgan fingerprint density at radius 2 is 2.13 bits per heavy atom. The summed E-state index contributed by atoms with van der Waals surface area (Å²) in [7, 11) is 1.47. The van der Waals surface area contributed by atoms with Crippen LogP contribution in [-0.4, -0.2) is 29.1 Å². The summed E-state index contributed by atoms with van der Waals surface area (Å²) >= 11 is 6.96. The molecular formula is C15H15ClN2O4S. The van der Waals surface area contributed by atoms with Gasteiger partial charge in [0.15, 0.2) is 0 Å². The molecule has 1 aromatic heterocycles. The number of carbonyl (C=O) groups is 2. The van der Waals surface area contributed by atoms with Crippen molar-refractivity contribution in [3.05, 3.63) is 44.4 Å². The second-order valence-corrected chi connectivity index (χ2v) is 6.28. The van der Waals surface area contributed by atoms with Crippen molar-refractivity contribution < 1.29 is 19.4 Å². The highest BCUT2D eigenvalue weighted by Gasteiger charge is 2.21. The summed E-state index contributed by atoms with van der Waals surface area (Å²) in [5, 5.41) is 12.8. The number of aromatic nitrogens is 1. The van der Waals surface area contributed by atoms with Gasteiger partial charge in [-0.3, -0.25) is 4.79 Å². The number of nitrogens with zero attached hydrogens (tertiary/aromatic N) is 1. The lowest BCUT2D eigenvalue weighted by Crippen LogP contribution is -2.27. The minimum atomic E-state index is -1.03. The van der Waals surface area contributed by atoms with Crippen molar-refractivity contribution >= 4 is 34.8 Å². The van der Waals surface area contributed by atoms with Crippen molar-refractivity contribution in [2.75, 3.05) is 7.11 Å². The molecule has 0 saturated carbocycles. The van der Waals surface area contributed by atoms with E-state index in [1.54, 1.807) is 26.0 Å². The van der Waals surface area contributed by atoms with Crippen LogP contribution in [0.1, 0.15) is 43.7 Å². The number of aryl methyl sites for hydroxylation is 1. The van der Waals surface area contributed by atoms with Crippen molar-refractivity contribution in [1.29, 1.82) is 0 Å². The largest absolute Gasteiger partial charge is 0.496 e. The van der Waals surface area contributed by atoms with Crippen molar-refractivity contribution in [1.82, 2.24) is 10.3 Å². The molecule has 0 aliphatic rings. The highest BCUT2D eigenvalue weighted by Crippen LogP contribution is 2.26. The summed E-state index contributed by atoms with van der Waals surface area (Å²) in [4.78, 5) is 27.8. The Morgan fingerprint density at radius 1 is 1.43 bits per heavy atom. The van der Waals surface area contributed by atoms with Crippen molar-refractivity contribution in [2.24, 2.45) is 0 Å². The van der Waals surface area contributed by atoms with Crippen LogP contribution in [0.4, 0.5) is 0 Å². The maximum absolute atomic E-state index is 12.4. The Kier molecular flexibility index (Phi) is 5.23. The zero-order chi connectivity index (χ0) is 17.1. The van der Waals surface area contributed by atoms with Crippen LogP contribution in [0, 0.1) is 6.92 Å². The van der Waals surface area contributed by atoms with Gasteiger partial charge in [0, 0.05) is 5.02 Å². The Bertz CT molecular complexity index is 760. The molecule has 0 aliphatic heterocycles. The monoisotopic (exact) mass is 354 g/mol. The van der Waals surface area contributed by atoms with E-state index in [4.69, 9.17) is 21.4 Å². The summed E-state index contributed by atoms with van der Waals surface area (Å²) in [6.07, 6.45) is 0. The molecule has 0 aliphatic carbocycles. The van der Waals surface area contributed by atoms with E-state index in [1.165, 1.54) is 13.2 Å². The van der Waals surface area contributed by atoms with Crippen LogP contribution in [0.25, 0.3) is 0 Å². The van der Waals surface area contributed by atoms with Gasteiger partial charge < -0.3 is 15.2 Å². The summed E-state index contributed by atoms with van der Waals surface area (Å²) in [5.74, 6) is -0.997. The van der Waals surface area contributed by atoms with E-state index in [-0.39, 0.29) is 10.8 Å². The SMILES string of the molecule is COc1ccc(Cl)cc1C(=O)NC(C)c1nc(C)c(C(=O)O)s1. The normalized spacial score (nSPS) is 11.8. The summed E-state index contributed by atoms with van der Waals surface area (Å²) in [5.41, 5.74) is 0.734. The molecule has 2 N–H and O–H groups in total. The van der Waals surface area contributed by atoms with Gasteiger partial charge in [0.25, 0.3) is 5.91 Å². The number of thiazole rings is 1. The number of hydrogen-bond acceptors (Lipinski definition) is 5. The molecule has 2 aromatic rings. The Hall–Kier alpha value is -2.12. The van der Waals surface area contributed by atoms with Crippen LogP contribution in [0.5, 0.6) is 5.75 Å². The second kappa shape index (κ2) is 6.97. The maximum atomic E-state index is 12.4. The molecule has 1 aromatic carbocycles. The van der Waals surface area contributed by atoms with Crippen LogP contribution in [-0.2, 0) is 0 Å². The van der Waals surface area contributed by atoms with E-state index in [2.05, 4.69) is 10.3 Å². The zero-order valence-electron chi connectivity index (χ0n) is 12.7. The van der Waals surface area contributed by atoms with Crippen LogP contribution >= 0.6 is 22.9 Å². The molecule has 8 heteroatoms. The van der Waals surface area contributed by atoms with Gasteiger partial charge in [-0.05, 0) is 32.0 Å². The molecule has 0 spiro atoms. The third-order valence-electron chi connectivity index (χ3n) is 3.13. The van der Waals surface area contributed by atoms with Gasteiger partial charge in [-0.25, -0.2) is 9.78 Å². The standard InChI is InChI=1S/C15H15ClN2O4S/c1-7-12(15(20)21)23-14(18-7)8(2)17-13(19)10-6-9(16)4-5-11(10)22-3/h4-6,8H,1-3H3,(H,17,19)(H,20,21). The molecule has 2 rings (SSSR count). The van der Waals surface area contributed by atoms with E-state index in [9.17, 15) is 9.59 Å². The van der Waals surface area contributed by atoms with Crippen molar-refractivity contribution in [3.63, 3.8) is 0 Å². The number of nitrogens with one attached hydrogen (secondary N) is 1. The number of aromatic carboxylic acids is 1. The predicted molar refractivity (Wildman–Crippen MR) is 87.7 cm³/mol. The summed E-state index contributed by atoms with van der Waals surface area (Å²) < 4.78 is 5.15. The summed E-state index contributed by atoms with van der Waals surface area (Å²) in [6.45, 7) is 3.36. The highest BCUT2D eigenvalue weighted by molar-refractivity contribution is 7.13. The lowest BCUT2D eigenvalue weighted by molar-refractivity contribution is 0.0701. The predicted octanol–water partition coefficient (Wildman–Crippen LogP) is 3.30. The molecule has 0 bridgehead atoms. The first-order valence-corrected chi connectivity index (χ1v) is 7.88. The van der Waals surface area contributed by atoms with E-state index >= 15 is 0 Å². The number of amides is 1. The Labute approximate surface area is 142 Å². The molecule has 23 heavy (non-hydrogen) atoms. The molecule has 0 radical (unpaired) electrons. The quantitative estimate of drug-likeness (QED) is 0.860. The molecule has 1 unspecified atom stereocenters. The number of carboxylic acid groups (broad SMARTS) is 1. The van der Waals surface area contributed by atoms with Gasteiger partial charge in [-0.15, -0.1) is 11.3 Å². The molecule has 1 atom stereocenters. The minimum absolute atomic E-state index is 0.168. The van der Waals surface area contributed by atoms with Crippen LogP contribution < -0.4 is 10.1 Å². The lowest BCUT2D eigenvalue weighted by atomic mass is 10.1. The van der Waals surface area contributed by atoms with Gasteiger partial charge in [-0.2, -0.15) is 0 Å². The van der Waals surface area contributed by atoms with Crippen LogP contribution in [0.15, 0.2) is 18.2 Å². The number of hydrogen-bond donors (Lipinski definition) is 2. The van der Waals surface area contributed by atoms with Crippen LogP contribution in [0.2, 0.25) is 5.02 Å². The smallest absolute Gasteiger partial charge is 0.347 e. The van der Waals surface area contributed by atoms with Gasteiger partial charge in [0.2, 0.25) is 0 Å². The van der Waals surface area contributed by atoms with Gasteiger partial charge in [0.1, 0.15) is 15.6 Å². The molecule has 1 heterocycles. The first kappa shape index (κ1) is 17.2. The number of rotatable bonds is 5. The fraction of sp³-hybridized carbons (Fsp3) is 0.267. The van der Waals surface area contributed by atoms with Gasteiger partial charge in [-0.1, -0.05) is 11.6 Å². The number of methoxy groups -OCH3 is 1. The van der Waals surface area contributed by atoms with E-state index < -0.39 is 12.0 Å². The maximum Gasteiger partial charge on any atom is 0.347 e. The number of carbonyl (C=O) groups excluding carboxylic acids is 1. The van der Waals surface area contributed by atoms with E-state index in [0.717, 1.165) is 11.3 Å². The number of carboxylic acids is 1. The Balaban J connectivity index is 2.21. The fourth-order valence-electron chi connectivity index (χ4n) is 1.99. The first-order valence-electron chi connectivity index (χ1n) is 6.68.